The van der Waals surface area contributed by atoms with E-state index < -0.39 is 9.84 Å². The molecule has 118 valence electrons. The van der Waals surface area contributed by atoms with Gasteiger partial charge >= 0.3 is 0 Å². The van der Waals surface area contributed by atoms with Gasteiger partial charge in [-0.3, -0.25) is 4.98 Å². The second-order valence-corrected chi connectivity index (χ2v) is 7.66. The van der Waals surface area contributed by atoms with Crippen LogP contribution in [-0.2, 0) is 9.84 Å². The van der Waals surface area contributed by atoms with Gasteiger partial charge in [-0.2, -0.15) is 0 Å². The smallest absolute Gasteiger partial charge is 0.161 e. The van der Waals surface area contributed by atoms with Gasteiger partial charge in [-0.1, -0.05) is 0 Å². The van der Waals surface area contributed by atoms with Crippen molar-refractivity contribution in [1.82, 2.24) is 15.0 Å². The average Bonchev–Trinajstić information content (AvgIpc) is 2.45. The van der Waals surface area contributed by atoms with Gasteiger partial charge in [0, 0.05) is 49.1 Å². The Balaban J connectivity index is 2.34. The molecule has 0 spiro atoms. The summed E-state index contributed by atoms with van der Waals surface area (Å²) in [6.07, 6.45) is 4.62. The number of hydrogen-bond acceptors (Lipinski definition) is 6. The second kappa shape index (κ2) is 6.39. The van der Waals surface area contributed by atoms with Gasteiger partial charge < -0.3 is 4.90 Å². The summed E-state index contributed by atoms with van der Waals surface area (Å²) >= 11 is 0. The Morgan fingerprint density at radius 1 is 1.23 bits per heavy atom. The van der Waals surface area contributed by atoms with Crippen molar-refractivity contribution in [3.63, 3.8) is 0 Å². The molecule has 0 bridgehead atoms. The molecule has 7 heteroatoms. The van der Waals surface area contributed by atoms with Crippen molar-refractivity contribution in [2.45, 2.75) is 19.9 Å². The van der Waals surface area contributed by atoms with Crippen LogP contribution in [0, 0.1) is 6.92 Å². The first-order chi connectivity index (χ1) is 10.3. The summed E-state index contributed by atoms with van der Waals surface area (Å²) < 4.78 is 22.9. The quantitative estimate of drug-likeness (QED) is 0.835. The zero-order valence-corrected chi connectivity index (χ0v) is 14.0. The van der Waals surface area contributed by atoms with Crippen LogP contribution in [-0.4, -0.2) is 48.5 Å². The number of rotatable bonds is 5. The van der Waals surface area contributed by atoms with Crippen molar-refractivity contribution in [2.75, 3.05) is 24.0 Å². The lowest BCUT2D eigenvalue weighted by Gasteiger charge is -2.25. The Kier molecular flexibility index (Phi) is 4.75. The van der Waals surface area contributed by atoms with Crippen molar-refractivity contribution in [3.8, 4) is 11.4 Å². The van der Waals surface area contributed by atoms with Crippen molar-refractivity contribution in [1.29, 1.82) is 0 Å². The monoisotopic (exact) mass is 320 g/mol. The molecule has 1 atom stereocenters. The molecule has 0 radical (unpaired) electrons. The minimum Gasteiger partial charge on any atom is -0.356 e. The van der Waals surface area contributed by atoms with Gasteiger partial charge in [0.05, 0.1) is 5.75 Å². The molecular formula is C15H20N4O2S. The molecule has 6 nitrogen and oxygen atoms in total. The highest BCUT2D eigenvalue weighted by atomic mass is 32.2. The number of aryl methyl sites for hydroxylation is 1. The molecule has 0 saturated heterocycles. The summed E-state index contributed by atoms with van der Waals surface area (Å²) in [7, 11) is -1.20. The second-order valence-electron chi connectivity index (χ2n) is 5.48. The average molecular weight is 320 g/mol. The third-order valence-electron chi connectivity index (χ3n) is 3.35. The van der Waals surface area contributed by atoms with Gasteiger partial charge in [0.1, 0.15) is 15.7 Å². The van der Waals surface area contributed by atoms with Crippen molar-refractivity contribution >= 4 is 15.7 Å². The Morgan fingerprint density at radius 2 is 1.86 bits per heavy atom. The Hall–Kier alpha value is -2.02. The minimum absolute atomic E-state index is 0.0805. The highest BCUT2D eigenvalue weighted by molar-refractivity contribution is 7.90. The van der Waals surface area contributed by atoms with Gasteiger partial charge in [-0.25, -0.2) is 18.4 Å². The maximum atomic E-state index is 11.5. The molecule has 0 saturated carbocycles. The molecule has 0 aromatic carbocycles. The molecule has 0 aliphatic rings. The maximum absolute atomic E-state index is 11.5. The summed E-state index contributed by atoms with van der Waals surface area (Å²) in [6.45, 7) is 3.76. The van der Waals surface area contributed by atoms with Crippen LogP contribution < -0.4 is 4.90 Å². The molecule has 2 rings (SSSR count). The molecule has 2 aromatic heterocycles. The molecule has 2 aromatic rings. The van der Waals surface area contributed by atoms with Crippen LogP contribution in [0.4, 0.5) is 5.82 Å². The Bertz CT molecular complexity index is 747. The zero-order chi connectivity index (χ0) is 16.3. The van der Waals surface area contributed by atoms with E-state index in [4.69, 9.17) is 0 Å². The fourth-order valence-electron chi connectivity index (χ4n) is 2.14. The molecule has 0 fully saturated rings. The van der Waals surface area contributed by atoms with E-state index in [9.17, 15) is 8.42 Å². The normalized spacial score (nSPS) is 12.9. The fraction of sp³-hybridized carbons (Fsp3) is 0.400. The highest BCUT2D eigenvalue weighted by Crippen LogP contribution is 2.20. The first-order valence-corrected chi connectivity index (χ1v) is 8.99. The van der Waals surface area contributed by atoms with Gasteiger partial charge in [-0.05, 0) is 26.0 Å². The number of aromatic nitrogens is 3. The predicted molar refractivity (Wildman–Crippen MR) is 87.6 cm³/mol. The summed E-state index contributed by atoms with van der Waals surface area (Å²) in [4.78, 5) is 14.8. The number of pyridine rings is 1. The number of sulfone groups is 1. The van der Waals surface area contributed by atoms with Crippen LogP contribution in [0.1, 0.15) is 12.6 Å². The molecule has 22 heavy (non-hydrogen) atoms. The lowest BCUT2D eigenvalue weighted by Crippen LogP contribution is -2.35. The largest absolute Gasteiger partial charge is 0.356 e. The SMILES string of the molecule is Cc1cc(N(C)C(C)CS(C)(=O)=O)nc(-c2ccncc2)n1. The molecular weight excluding hydrogens is 300 g/mol. The van der Waals surface area contributed by atoms with Crippen LogP contribution in [0.3, 0.4) is 0 Å². The summed E-state index contributed by atoms with van der Waals surface area (Å²) in [5.74, 6) is 1.39. The van der Waals surface area contributed by atoms with E-state index in [1.54, 1.807) is 12.4 Å². The van der Waals surface area contributed by atoms with Gasteiger partial charge in [0.25, 0.3) is 0 Å². The Morgan fingerprint density at radius 3 is 2.45 bits per heavy atom. The number of anilines is 1. The lowest BCUT2D eigenvalue weighted by molar-refractivity contribution is 0.592. The van der Waals surface area contributed by atoms with Crippen molar-refractivity contribution in [2.24, 2.45) is 0 Å². The van der Waals surface area contributed by atoms with E-state index in [1.807, 2.05) is 44.0 Å². The minimum atomic E-state index is -3.04. The van der Waals surface area contributed by atoms with Crippen molar-refractivity contribution < 1.29 is 8.42 Å². The highest BCUT2D eigenvalue weighted by Gasteiger charge is 2.18. The van der Waals surface area contributed by atoms with E-state index in [0.717, 1.165) is 11.3 Å². The van der Waals surface area contributed by atoms with E-state index in [1.165, 1.54) is 6.26 Å². The van der Waals surface area contributed by atoms with E-state index in [2.05, 4.69) is 15.0 Å². The molecule has 2 heterocycles. The number of hydrogen-bond donors (Lipinski definition) is 0. The summed E-state index contributed by atoms with van der Waals surface area (Å²) in [5.41, 5.74) is 1.71. The predicted octanol–water partition coefficient (Wildman–Crippen LogP) is 1.72. The first kappa shape index (κ1) is 16.4. The van der Waals surface area contributed by atoms with Crippen LogP contribution in [0.2, 0.25) is 0 Å². The van der Waals surface area contributed by atoms with Crippen LogP contribution in [0.5, 0.6) is 0 Å². The summed E-state index contributed by atoms with van der Waals surface area (Å²) in [6, 6.07) is 5.37. The van der Waals surface area contributed by atoms with Crippen LogP contribution >= 0.6 is 0 Å². The number of nitrogens with zero attached hydrogens (tertiary/aromatic N) is 4. The fourth-order valence-corrected chi connectivity index (χ4v) is 3.24. The maximum Gasteiger partial charge on any atom is 0.161 e. The summed E-state index contributed by atoms with van der Waals surface area (Å²) in [5, 5.41) is 0. The van der Waals surface area contributed by atoms with E-state index in [-0.39, 0.29) is 11.8 Å². The third-order valence-corrected chi connectivity index (χ3v) is 4.43. The topological polar surface area (TPSA) is 76.1 Å². The first-order valence-electron chi connectivity index (χ1n) is 6.93. The molecule has 0 aliphatic heterocycles. The molecule has 0 aliphatic carbocycles. The van der Waals surface area contributed by atoms with Gasteiger partial charge in [0.2, 0.25) is 0 Å². The van der Waals surface area contributed by atoms with Gasteiger partial charge in [-0.15, -0.1) is 0 Å². The van der Waals surface area contributed by atoms with Crippen LogP contribution in [0.15, 0.2) is 30.6 Å². The van der Waals surface area contributed by atoms with Gasteiger partial charge in [0.15, 0.2) is 5.82 Å². The Labute approximate surface area is 131 Å². The van der Waals surface area contributed by atoms with Crippen molar-refractivity contribution in [3.05, 3.63) is 36.3 Å². The standard InChI is InChI=1S/C15H20N4O2S/c1-11-9-14(19(3)12(2)10-22(4,20)21)18-15(17-11)13-5-7-16-8-6-13/h5-9,12H,10H2,1-4H3. The third kappa shape index (κ3) is 4.24. The molecule has 1 unspecified atom stereocenters. The zero-order valence-electron chi connectivity index (χ0n) is 13.2. The van der Waals surface area contributed by atoms with E-state index >= 15 is 0 Å². The van der Waals surface area contributed by atoms with Crippen LogP contribution in [0.25, 0.3) is 11.4 Å². The molecule has 0 N–H and O–H groups in total. The molecule has 0 amide bonds. The van der Waals surface area contributed by atoms with E-state index in [0.29, 0.717) is 11.6 Å². The lowest BCUT2D eigenvalue weighted by atomic mass is 10.2.